The standard InChI is InChI=1S/C21H24BrNO4/c1-3-27-19-11-10-14(22)13-16(19)20(15-7-4-5-9-18(15)26-2)23-12-6-8-17(23)21(24)25/h4-5,7,9-11,13,17,20H,3,6,8,12H2,1-2H3,(H,24,25). The summed E-state index contributed by atoms with van der Waals surface area (Å²) in [6.45, 7) is 3.19. The van der Waals surface area contributed by atoms with Crippen LogP contribution in [-0.2, 0) is 4.79 Å². The Bertz CT molecular complexity index is 811. The Balaban J connectivity index is 2.20. The number of carboxylic acid groups (broad SMARTS) is 1. The molecule has 0 aromatic heterocycles. The van der Waals surface area contributed by atoms with E-state index >= 15 is 0 Å². The van der Waals surface area contributed by atoms with E-state index < -0.39 is 12.0 Å². The summed E-state index contributed by atoms with van der Waals surface area (Å²) in [6, 6.07) is 12.8. The van der Waals surface area contributed by atoms with Crippen LogP contribution in [0.25, 0.3) is 0 Å². The molecule has 1 fully saturated rings. The second-order valence-electron chi connectivity index (χ2n) is 6.49. The van der Waals surface area contributed by atoms with Gasteiger partial charge < -0.3 is 14.6 Å². The van der Waals surface area contributed by atoms with Gasteiger partial charge in [0.1, 0.15) is 17.5 Å². The number of benzene rings is 2. The molecule has 0 spiro atoms. The van der Waals surface area contributed by atoms with E-state index in [2.05, 4.69) is 15.9 Å². The maximum atomic E-state index is 11.9. The highest BCUT2D eigenvalue weighted by atomic mass is 79.9. The number of ether oxygens (including phenoxy) is 2. The van der Waals surface area contributed by atoms with Crippen molar-refractivity contribution in [2.24, 2.45) is 0 Å². The predicted octanol–water partition coefficient (Wildman–Crippen LogP) is 4.49. The van der Waals surface area contributed by atoms with Crippen molar-refractivity contribution < 1.29 is 19.4 Å². The fourth-order valence-electron chi connectivity index (χ4n) is 3.80. The van der Waals surface area contributed by atoms with E-state index in [1.54, 1.807) is 7.11 Å². The molecule has 3 rings (SSSR count). The van der Waals surface area contributed by atoms with Crippen molar-refractivity contribution in [2.75, 3.05) is 20.3 Å². The molecule has 1 saturated heterocycles. The average Bonchev–Trinajstić information content (AvgIpc) is 3.14. The number of aliphatic carboxylic acids is 1. The van der Waals surface area contributed by atoms with E-state index in [0.29, 0.717) is 19.6 Å². The van der Waals surface area contributed by atoms with Crippen LogP contribution in [0.5, 0.6) is 11.5 Å². The number of para-hydroxylation sites is 1. The molecule has 2 unspecified atom stereocenters. The number of halogens is 1. The maximum Gasteiger partial charge on any atom is 0.320 e. The third-order valence-corrected chi connectivity index (χ3v) is 5.40. The van der Waals surface area contributed by atoms with Crippen LogP contribution in [-0.4, -0.2) is 42.3 Å². The van der Waals surface area contributed by atoms with Gasteiger partial charge >= 0.3 is 5.97 Å². The Morgan fingerprint density at radius 1 is 1.26 bits per heavy atom. The summed E-state index contributed by atoms with van der Waals surface area (Å²) in [5.74, 6) is 0.703. The van der Waals surface area contributed by atoms with Crippen LogP contribution >= 0.6 is 15.9 Å². The molecule has 6 heteroatoms. The van der Waals surface area contributed by atoms with Crippen molar-refractivity contribution in [3.8, 4) is 11.5 Å². The number of carboxylic acids is 1. The zero-order chi connectivity index (χ0) is 19.4. The first kappa shape index (κ1) is 19.7. The summed E-state index contributed by atoms with van der Waals surface area (Å²) >= 11 is 3.55. The van der Waals surface area contributed by atoms with Gasteiger partial charge in [-0.3, -0.25) is 9.69 Å². The maximum absolute atomic E-state index is 11.9. The lowest BCUT2D eigenvalue weighted by molar-refractivity contribution is -0.142. The number of likely N-dealkylation sites (tertiary alicyclic amines) is 1. The molecule has 0 radical (unpaired) electrons. The second kappa shape index (κ2) is 8.76. The number of nitrogens with zero attached hydrogens (tertiary/aromatic N) is 1. The second-order valence-corrected chi connectivity index (χ2v) is 7.41. The molecule has 2 atom stereocenters. The van der Waals surface area contributed by atoms with Gasteiger partial charge in [0.2, 0.25) is 0 Å². The van der Waals surface area contributed by atoms with Gasteiger partial charge in [-0.25, -0.2) is 0 Å². The topological polar surface area (TPSA) is 59.0 Å². The van der Waals surface area contributed by atoms with Crippen LogP contribution in [0.3, 0.4) is 0 Å². The lowest BCUT2D eigenvalue weighted by Crippen LogP contribution is -2.39. The monoisotopic (exact) mass is 433 g/mol. The molecule has 0 aliphatic carbocycles. The molecular formula is C21H24BrNO4. The summed E-state index contributed by atoms with van der Waals surface area (Å²) in [6.07, 6.45) is 1.49. The van der Waals surface area contributed by atoms with E-state index in [1.807, 2.05) is 54.3 Å². The van der Waals surface area contributed by atoms with E-state index in [0.717, 1.165) is 33.5 Å². The Hall–Kier alpha value is -2.05. The SMILES string of the molecule is CCOc1ccc(Br)cc1C(c1ccccc1OC)N1CCCC1C(=O)O. The summed E-state index contributed by atoms with van der Waals surface area (Å²) in [4.78, 5) is 13.9. The van der Waals surface area contributed by atoms with Crippen LogP contribution in [0.2, 0.25) is 0 Å². The highest BCUT2D eigenvalue weighted by molar-refractivity contribution is 9.10. The van der Waals surface area contributed by atoms with Crippen molar-refractivity contribution in [2.45, 2.75) is 31.8 Å². The highest BCUT2D eigenvalue weighted by Crippen LogP contribution is 2.43. The minimum Gasteiger partial charge on any atom is -0.496 e. The number of methoxy groups -OCH3 is 1. The Kier molecular flexibility index (Phi) is 6.39. The molecule has 2 aromatic carbocycles. The van der Waals surface area contributed by atoms with Gasteiger partial charge in [-0.15, -0.1) is 0 Å². The highest BCUT2D eigenvalue weighted by Gasteiger charge is 2.39. The third-order valence-electron chi connectivity index (χ3n) is 4.91. The van der Waals surface area contributed by atoms with Crippen LogP contribution in [0.4, 0.5) is 0 Å². The molecule has 0 bridgehead atoms. The van der Waals surface area contributed by atoms with Crippen molar-refractivity contribution in [3.05, 3.63) is 58.1 Å². The van der Waals surface area contributed by atoms with Crippen LogP contribution in [0.15, 0.2) is 46.9 Å². The Morgan fingerprint density at radius 2 is 2.04 bits per heavy atom. The fourth-order valence-corrected chi connectivity index (χ4v) is 4.18. The van der Waals surface area contributed by atoms with Crippen molar-refractivity contribution >= 4 is 21.9 Å². The predicted molar refractivity (Wildman–Crippen MR) is 108 cm³/mol. The molecule has 1 N–H and O–H groups in total. The Labute approximate surface area is 168 Å². The normalized spacial score (nSPS) is 18.3. The zero-order valence-electron chi connectivity index (χ0n) is 15.5. The average molecular weight is 434 g/mol. The van der Waals surface area contributed by atoms with Gasteiger partial charge in [-0.05, 0) is 44.0 Å². The molecule has 1 aliphatic rings. The number of carbonyl (C=O) groups is 1. The minimum absolute atomic E-state index is 0.274. The van der Waals surface area contributed by atoms with E-state index in [1.165, 1.54) is 0 Å². The van der Waals surface area contributed by atoms with E-state index in [4.69, 9.17) is 9.47 Å². The summed E-state index contributed by atoms with van der Waals surface area (Å²) < 4.78 is 12.4. The molecule has 5 nitrogen and oxygen atoms in total. The minimum atomic E-state index is -0.791. The molecule has 0 amide bonds. The van der Waals surface area contributed by atoms with Gasteiger partial charge in [0.05, 0.1) is 19.8 Å². The van der Waals surface area contributed by atoms with Gasteiger partial charge in [-0.1, -0.05) is 34.1 Å². The smallest absolute Gasteiger partial charge is 0.320 e. The largest absolute Gasteiger partial charge is 0.496 e. The van der Waals surface area contributed by atoms with E-state index in [9.17, 15) is 9.90 Å². The van der Waals surface area contributed by atoms with Crippen LogP contribution in [0, 0.1) is 0 Å². The number of hydrogen-bond donors (Lipinski definition) is 1. The van der Waals surface area contributed by atoms with Gasteiger partial charge in [-0.2, -0.15) is 0 Å². The number of hydrogen-bond acceptors (Lipinski definition) is 4. The summed E-state index contributed by atoms with van der Waals surface area (Å²) in [7, 11) is 1.64. The molecule has 144 valence electrons. The first-order valence-corrected chi connectivity index (χ1v) is 9.89. The van der Waals surface area contributed by atoms with Crippen LogP contribution < -0.4 is 9.47 Å². The fraction of sp³-hybridized carbons (Fsp3) is 0.381. The van der Waals surface area contributed by atoms with Crippen molar-refractivity contribution in [1.29, 1.82) is 0 Å². The lowest BCUT2D eigenvalue weighted by Gasteiger charge is -2.33. The summed E-state index contributed by atoms with van der Waals surface area (Å²) in [5.41, 5.74) is 1.87. The first-order chi connectivity index (χ1) is 13.1. The van der Waals surface area contributed by atoms with Gasteiger partial charge in [0.15, 0.2) is 0 Å². The van der Waals surface area contributed by atoms with E-state index in [-0.39, 0.29) is 6.04 Å². The quantitative estimate of drug-likeness (QED) is 0.696. The summed E-state index contributed by atoms with van der Waals surface area (Å²) in [5, 5.41) is 9.77. The molecule has 1 aliphatic heterocycles. The van der Waals surface area contributed by atoms with Crippen molar-refractivity contribution in [1.82, 2.24) is 4.90 Å². The van der Waals surface area contributed by atoms with Crippen molar-refractivity contribution in [3.63, 3.8) is 0 Å². The van der Waals surface area contributed by atoms with Gasteiger partial charge in [0, 0.05) is 22.1 Å². The molecule has 1 heterocycles. The molecular weight excluding hydrogens is 410 g/mol. The number of rotatable bonds is 7. The molecule has 0 saturated carbocycles. The van der Waals surface area contributed by atoms with Gasteiger partial charge in [0.25, 0.3) is 0 Å². The lowest BCUT2D eigenvalue weighted by atomic mass is 9.94. The first-order valence-electron chi connectivity index (χ1n) is 9.10. The third kappa shape index (κ3) is 4.12. The zero-order valence-corrected chi connectivity index (χ0v) is 17.1. The molecule has 27 heavy (non-hydrogen) atoms. The molecule has 2 aromatic rings. The Morgan fingerprint density at radius 3 is 2.74 bits per heavy atom. The van der Waals surface area contributed by atoms with Crippen LogP contribution in [0.1, 0.15) is 36.9 Å².